The molecule has 1 atom stereocenters. The van der Waals surface area contributed by atoms with Gasteiger partial charge in [0, 0.05) is 5.56 Å². The maximum absolute atomic E-state index is 5.68. The summed E-state index contributed by atoms with van der Waals surface area (Å²) in [7, 11) is 0. The van der Waals surface area contributed by atoms with Crippen LogP contribution in [0.25, 0.3) is 0 Å². The molecule has 21 heavy (non-hydrogen) atoms. The van der Waals surface area contributed by atoms with Gasteiger partial charge in [0.15, 0.2) is 6.29 Å². The first-order chi connectivity index (χ1) is 10.3. The Morgan fingerprint density at radius 2 is 1.76 bits per heavy atom. The third-order valence-electron chi connectivity index (χ3n) is 5.25. The number of benzene rings is 1. The Morgan fingerprint density at radius 3 is 2.52 bits per heavy atom. The molecule has 0 bridgehead atoms. The predicted molar refractivity (Wildman–Crippen MR) is 85.1 cm³/mol. The summed E-state index contributed by atoms with van der Waals surface area (Å²) in [6.45, 7) is 3.89. The third-order valence-corrected chi connectivity index (χ3v) is 5.25. The van der Waals surface area contributed by atoms with Crippen molar-refractivity contribution in [3.63, 3.8) is 0 Å². The maximum Gasteiger partial charge on any atom is 0.184 e. The highest BCUT2D eigenvalue weighted by molar-refractivity contribution is 5.28. The van der Waals surface area contributed by atoms with Crippen molar-refractivity contribution in [1.82, 2.24) is 0 Å². The minimum atomic E-state index is -0.133. The Balaban J connectivity index is 1.59. The first-order valence-corrected chi connectivity index (χ1v) is 8.65. The number of aryl methyl sites for hydroxylation is 1. The lowest BCUT2D eigenvalue weighted by atomic mass is 9.78. The van der Waals surface area contributed by atoms with Gasteiger partial charge in [0.25, 0.3) is 0 Å². The van der Waals surface area contributed by atoms with Gasteiger partial charge in [-0.25, -0.2) is 0 Å². The molecular weight excluding hydrogens is 260 g/mol. The molecule has 2 fully saturated rings. The molecule has 3 rings (SSSR count). The minimum Gasteiger partial charge on any atom is -0.346 e. The molecule has 1 saturated carbocycles. The lowest BCUT2D eigenvalue weighted by Gasteiger charge is -2.28. The lowest BCUT2D eigenvalue weighted by Crippen LogP contribution is -2.16. The minimum absolute atomic E-state index is 0.133. The molecule has 0 spiro atoms. The molecule has 0 N–H and O–H groups in total. The highest BCUT2D eigenvalue weighted by Crippen LogP contribution is 2.33. The summed E-state index contributed by atoms with van der Waals surface area (Å²) in [5.74, 6) is 1.79. The average molecular weight is 288 g/mol. The fraction of sp³-hybridized carbons (Fsp3) is 0.684. The van der Waals surface area contributed by atoms with Crippen LogP contribution in [0.3, 0.4) is 0 Å². The number of ether oxygens (including phenoxy) is 2. The largest absolute Gasteiger partial charge is 0.346 e. The molecule has 1 aromatic rings. The van der Waals surface area contributed by atoms with Crippen LogP contribution >= 0.6 is 0 Å². The van der Waals surface area contributed by atoms with Crippen LogP contribution in [0.15, 0.2) is 24.3 Å². The van der Waals surface area contributed by atoms with E-state index in [0.717, 1.165) is 31.5 Å². The lowest BCUT2D eigenvalue weighted by molar-refractivity contribution is -0.0447. The Morgan fingerprint density at radius 1 is 1.05 bits per heavy atom. The summed E-state index contributed by atoms with van der Waals surface area (Å²) >= 11 is 0. The summed E-state index contributed by atoms with van der Waals surface area (Å²) in [5.41, 5.74) is 2.65. The second-order valence-corrected chi connectivity index (χ2v) is 6.69. The molecular formula is C19H28O2. The summed E-state index contributed by atoms with van der Waals surface area (Å²) in [5, 5.41) is 0. The highest BCUT2D eigenvalue weighted by Gasteiger charge is 2.23. The van der Waals surface area contributed by atoms with Crippen molar-refractivity contribution in [1.29, 1.82) is 0 Å². The Hall–Kier alpha value is -0.860. The van der Waals surface area contributed by atoms with Crippen LogP contribution < -0.4 is 0 Å². The SMILES string of the molecule is CC(CCc1ccccc1C1OCCO1)C1CCCCC1. The van der Waals surface area contributed by atoms with E-state index in [9.17, 15) is 0 Å². The van der Waals surface area contributed by atoms with Crippen molar-refractivity contribution in [2.24, 2.45) is 11.8 Å². The van der Waals surface area contributed by atoms with E-state index < -0.39 is 0 Å². The van der Waals surface area contributed by atoms with Crippen LogP contribution in [0.5, 0.6) is 0 Å². The first-order valence-electron chi connectivity index (χ1n) is 8.65. The normalized spacial score (nSPS) is 22.5. The molecule has 116 valence electrons. The molecule has 1 heterocycles. The highest BCUT2D eigenvalue weighted by atomic mass is 16.7. The zero-order chi connectivity index (χ0) is 14.5. The third kappa shape index (κ3) is 3.87. The van der Waals surface area contributed by atoms with Gasteiger partial charge in [0.2, 0.25) is 0 Å². The molecule has 1 unspecified atom stereocenters. The van der Waals surface area contributed by atoms with Gasteiger partial charge in [-0.05, 0) is 30.2 Å². The number of rotatable bonds is 5. The number of hydrogen-bond acceptors (Lipinski definition) is 2. The van der Waals surface area contributed by atoms with E-state index in [1.807, 2.05) is 0 Å². The Bertz CT molecular complexity index is 431. The van der Waals surface area contributed by atoms with Gasteiger partial charge in [-0.1, -0.05) is 63.3 Å². The van der Waals surface area contributed by atoms with E-state index in [1.54, 1.807) is 0 Å². The predicted octanol–water partition coefficient (Wildman–Crippen LogP) is 4.88. The maximum atomic E-state index is 5.68. The van der Waals surface area contributed by atoms with E-state index in [2.05, 4.69) is 31.2 Å². The molecule has 1 aromatic carbocycles. The van der Waals surface area contributed by atoms with Gasteiger partial charge in [-0.3, -0.25) is 0 Å². The van der Waals surface area contributed by atoms with Crippen molar-refractivity contribution >= 4 is 0 Å². The standard InChI is InChI=1S/C19H28O2/c1-15(16-7-3-2-4-8-16)11-12-17-9-5-6-10-18(17)19-20-13-14-21-19/h5-6,9-10,15-16,19H,2-4,7-8,11-14H2,1H3. The zero-order valence-corrected chi connectivity index (χ0v) is 13.2. The molecule has 1 saturated heterocycles. The van der Waals surface area contributed by atoms with Gasteiger partial charge >= 0.3 is 0 Å². The summed E-state index contributed by atoms with van der Waals surface area (Å²) in [4.78, 5) is 0. The van der Waals surface area contributed by atoms with Crippen molar-refractivity contribution < 1.29 is 9.47 Å². The van der Waals surface area contributed by atoms with E-state index in [4.69, 9.17) is 9.47 Å². The molecule has 0 amide bonds. The average Bonchev–Trinajstić information content (AvgIpc) is 3.08. The topological polar surface area (TPSA) is 18.5 Å². The summed E-state index contributed by atoms with van der Waals surface area (Å²) < 4.78 is 11.4. The van der Waals surface area contributed by atoms with Crippen molar-refractivity contribution in [2.75, 3.05) is 13.2 Å². The second-order valence-electron chi connectivity index (χ2n) is 6.69. The molecule has 0 aromatic heterocycles. The van der Waals surface area contributed by atoms with E-state index in [0.29, 0.717) is 0 Å². The van der Waals surface area contributed by atoms with Gasteiger partial charge in [0.1, 0.15) is 0 Å². The molecule has 1 aliphatic heterocycles. The number of hydrogen-bond donors (Lipinski definition) is 0. The van der Waals surface area contributed by atoms with Crippen molar-refractivity contribution in [3.05, 3.63) is 35.4 Å². The van der Waals surface area contributed by atoms with E-state index in [1.165, 1.54) is 49.7 Å². The quantitative estimate of drug-likeness (QED) is 0.768. The zero-order valence-electron chi connectivity index (χ0n) is 13.2. The van der Waals surface area contributed by atoms with E-state index in [-0.39, 0.29) is 6.29 Å². The first kappa shape index (κ1) is 15.1. The Labute approximate surface area is 128 Å². The van der Waals surface area contributed by atoms with Crippen molar-refractivity contribution in [2.45, 2.75) is 58.2 Å². The van der Waals surface area contributed by atoms with Gasteiger partial charge < -0.3 is 9.47 Å². The van der Waals surface area contributed by atoms with Gasteiger partial charge in [-0.2, -0.15) is 0 Å². The van der Waals surface area contributed by atoms with Crippen LogP contribution in [0.4, 0.5) is 0 Å². The van der Waals surface area contributed by atoms with Crippen LogP contribution in [0, 0.1) is 11.8 Å². The van der Waals surface area contributed by atoms with Crippen LogP contribution in [-0.2, 0) is 15.9 Å². The smallest absolute Gasteiger partial charge is 0.184 e. The van der Waals surface area contributed by atoms with Gasteiger partial charge in [-0.15, -0.1) is 0 Å². The fourth-order valence-corrected chi connectivity index (χ4v) is 3.85. The second kappa shape index (κ2) is 7.42. The van der Waals surface area contributed by atoms with Crippen LogP contribution in [0.2, 0.25) is 0 Å². The van der Waals surface area contributed by atoms with Crippen LogP contribution in [-0.4, -0.2) is 13.2 Å². The Kier molecular flexibility index (Phi) is 5.32. The fourth-order valence-electron chi connectivity index (χ4n) is 3.85. The molecule has 2 heteroatoms. The van der Waals surface area contributed by atoms with Gasteiger partial charge in [0.05, 0.1) is 13.2 Å². The molecule has 1 aliphatic carbocycles. The monoisotopic (exact) mass is 288 g/mol. The van der Waals surface area contributed by atoms with Crippen molar-refractivity contribution in [3.8, 4) is 0 Å². The summed E-state index contributed by atoms with van der Waals surface area (Å²) in [6, 6.07) is 8.64. The van der Waals surface area contributed by atoms with E-state index >= 15 is 0 Å². The molecule has 0 radical (unpaired) electrons. The molecule has 2 aliphatic rings. The summed E-state index contributed by atoms with van der Waals surface area (Å²) in [6.07, 6.45) is 9.51. The molecule has 2 nitrogen and oxygen atoms in total. The van der Waals surface area contributed by atoms with Crippen LogP contribution in [0.1, 0.15) is 62.9 Å².